The van der Waals surface area contributed by atoms with E-state index in [2.05, 4.69) is 21.0 Å². The Bertz CT molecular complexity index is 539. The van der Waals surface area contributed by atoms with Crippen molar-refractivity contribution in [3.63, 3.8) is 0 Å². The predicted molar refractivity (Wildman–Crippen MR) is 77.6 cm³/mol. The van der Waals surface area contributed by atoms with Crippen molar-refractivity contribution in [3.05, 3.63) is 51.2 Å². The predicted octanol–water partition coefficient (Wildman–Crippen LogP) is 3.47. The minimum Gasteiger partial charge on any atom is -0.324 e. The number of aromatic nitrogens is 2. The molecule has 1 heterocycles. The number of rotatable bonds is 4. The molecule has 2 N–H and O–H groups in total. The standard InChI is InChI=1S/C13H15BrClN3/c1-18-8-9(7-17-18)2-5-13(16)11-4-3-10(14)6-12(11)15/h3-4,6-8,13H,2,5,16H2,1H3. The molecule has 1 unspecified atom stereocenters. The molecule has 3 nitrogen and oxygen atoms in total. The van der Waals surface area contributed by atoms with Gasteiger partial charge in [0, 0.05) is 28.8 Å². The van der Waals surface area contributed by atoms with Crippen LogP contribution in [0.15, 0.2) is 35.1 Å². The third-order valence-corrected chi connectivity index (χ3v) is 3.68. The summed E-state index contributed by atoms with van der Waals surface area (Å²) < 4.78 is 2.77. The van der Waals surface area contributed by atoms with E-state index in [1.54, 1.807) is 4.68 Å². The molecule has 0 saturated heterocycles. The average molecular weight is 329 g/mol. The Balaban J connectivity index is 2.01. The first kappa shape index (κ1) is 13.6. The van der Waals surface area contributed by atoms with Gasteiger partial charge in [-0.2, -0.15) is 5.10 Å². The van der Waals surface area contributed by atoms with Crippen molar-refractivity contribution < 1.29 is 0 Å². The fraction of sp³-hybridized carbons (Fsp3) is 0.308. The molecule has 0 saturated carbocycles. The van der Waals surface area contributed by atoms with Crippen LogP contribution in [0, 0.1) is 0 Å². The van der Waals surface area contributed by atoms with Crippen LogP contribution in [0.2, 0.25) is 5.02 Å². The van der Waals surface area contributed by atoms with Gasteiger partial charge in [-0.15, -0.1) is 0 Å². The van der Waals surface area contributed by atoms with Crippen molar-refractivity contribution in [2.45, 2.75) is 18.9 Å². The van der Waals surface area contributed by atoms with Crippen LogP contribution in [-0.4, -0.2) is 9.78 Å². The van der Waals surface area contributed by atoms with E-state index < -0.39 is 0 Å². The van der Waals surface area contributed by atoms with Crippen molar-refractivity contribution in [1.82, 2.24) is 9.78 Å². The first-order chi connectivity index (χ1) is 8.56. The van der Waals surface area contributed by atoms with E-state index in [1.165, 1.54) is 5.56 Å². The van der Waals surface area contributed by atoms with Gasteiger partial charge < -0.3 is 5.73 Å². The van der Waals surface area contributed by atoms with Crippen molar-refractivity contribution >= 4 is 27.5 Å². The molecule has 0 spiro atoms. The maximum Gasteiger partial charge on any atom is 0.0521 e. The summed E-state index contributed by atoms with van der Waals surface area (Å²) >= 11 is 9.57. The van der Waals surface area contributed by atoms with Gasteiger partial charge >= 0.3 is 0 Å². The van der Waals surface area contributed by atoms with E-state index in [4.69, 9.17) is 17.3 Å². The quantitative estimate of drug-likeness (QED) is 0.934. The van der Waals surface area contributed by atoms with Crippen molar-refractivity contribution in [2.24, 2.45) is 12.8 Å². The summed E-state index contributed by atoms with van der Waals surface area (Å²) in [5.74, 6) is 0. The lowest BCUT2D eigenvalue weighted by Crippen LogP contribution is -2.11. The van der Waals surface area contributed by atoms with E-state index in [-0.39, 0.29) is 6.04 Å². The summed E-state index contributed by atoms with van der Waals surface area (Å²) in [6.07, 6.45) is 5.64. The minimum atomic E-state index is -0.0502. The minimum absolute atomic E-state index is 0.0502. The Morgan fingerprint density at radius 3 is 2.89 bits per heavy atom. The van der Waals surface area contributed by atoms with Crippen LogP contribution in [0.5, 0.6) is 0 Å². The average Bonchev–Trinajstić information content (AvgIpc) is 2.72. The first-order valence-corrected chi connectivity index (χ1v) is 6.91. The van der Waals surface area contributed by atoms with Gasteiger partial charge in [0.05, 0.1) is 6.20 Å². The molecule has 0 aliphatic heterocycles. The highest BCUT2D eigenvalue weighted by Gasteiger charge is 2.11. The van der Waals surface area contributed by atoms with E-state index in [1.807, 2.05) is 37.6 Å². The van der Waals surface area contributed by atoms with E-state index in [9.17, 15) is 0 Å². The topological polar surface area (TPSA) is 43.8 Å². The zero-order chi connectivity index (χ0) is 13.1. The second kappa shape index (κ2) is 5.87. The number of hydrogen-bond acceptors (Lipinski definition) is 2. The molecular formula is C13H15BrClN3. The third-order valence-electron chi connectivity index (χ3n) is 2.86. The molecule has 18 heavy (non-hydrogen) atoms. The van der Waals surface area contributed by atoms with Gasteiger partial charge in [-0.3, -0.25) is 4.68 Å². The number of nitrogens with two attached hydrogens (primary N) is 1. The first-order valence-electron chi connectivity index (χ1n) is 5.74. The molecule has 0 aliphatic carbocycles. The zero-order valence-electron chi connectivity index (χ0n) is 10.1. The molecule has 0 bridgehead atoms. The Labute approximate surface area is 120 Å². The number of nitrogens with zero attached hydrogens (tertiary/aromatic N) is 2. The molecule has 0 radical (unpaired) electrons. The molecule has 1 aromatic heterocycles. The second-order valence-corrected chi connectivity index (χ2v) is 5.66. The summed E-state index contributed by atoms with van der Waals surface area (Å²) in [6.45, 7) is 0. The van der Waals surface area contributed by atoms with Gasteiger partial charge in [0.15, 0.2) is 0 Å². The Morgan fingerprint density at radius 1 is 1.50 bits per heavy atom. The maximum atomic E-state index is 6.18. The Hall–Kier alpha value is -0.840. The van der Waals surface area contributed by atoms with Gasteiger partial charge in [-0.25, -0.2) is 0 Å². The van der Waals surface area contributed by atoms with Crippen LogP contribution >= 0.6 is 27.5 Å². The van der Waals surface area contributed by atoms with E-state index >= 15 is 0 Å². The van der Waals surface area contributed by atoms with Crippen molar-refractivity contribution in [2.75, 3.05) is 0 Å². The van der Waals surface area contributed by atoms with Crippen LogP contribution in [0.4, 0.5) is 0 Å². The molecule has 0 aliphatic rings. The van der Waals surface area contributed by atoms with Crippen molar-refractivity contribution in [3.8, 4) is 0 Å². The lowest BCUT2D eigenvalue weighted by molar-refractivity contribution is 0.651. The van der Waals surface area contributed by atoms with Gasteiger partial charge in [-0.05, 0) is 36.1 Å². The fourth-order valence-electron chi connectivity index (χ4n) is 1.88. The molecule has 0 amide bonds. The zero-order valence-corrected chi connectivity index (χ0v) is 12.4. The van der Waals surface area contributed by atoms with Crippen LogP contribution in [0.1, 0.15) is 23.6 Å². The highest BCUT2D eigenvalue weighted by molar-refractivity contribution is 9.10. The lowest BCUT2D eigenvalue weighted by Gasteiger charge is -2.13. The summed E-state index contributed by atoms with van der Waals surface area (Å²) in [4.78, 5) is 0. The third kappa shape index (κ3) is 3.34. The molecule has 2 aromatic rings. The second-order valence-electron chi connectivity index (χ2n) is 4.33. The number of hydrogen-bond donors (Lipinski definition) is 1. The normalized spacial score (nSPS) is 12.7. The van der Waals surface area contributed by atoms with E-state index in [0.717, 1.165) is 22.9 Å². The van der Waals surface area contributed by atoms with Gasteiger partial charge in [-0.1, -0.05) is 33.6 Å². The number of benzene rings is 1. The SMILES string of the molecule is Cn1cc(CCC(N)c2ccc(Br)cc2Cl)cn1. The van der Waals surface area contributed by atoms with E-state index in [0.29, 0.717) is 5.02 Å². The Morgan fingerprint density at radius 2 is 2.28 bits per heavy atom. The van der Waals surface area contributed by atoms with Gasteiger partial charge in [0.2, 0.25) is 0 Å². The summed E-state index contributed by atoms with van der Waals surface area (Å²) in [5.41, 5.74) is 8.36. The van der Waals surface area contributed by atoms with Gasteiger partial charge in [0.1, 0.15) is 0 Å². The fourth-order valence-corrected chi connectivity index (χ4v) is 2.69. The maximum absolute atomic E-state index is 6.18. The van der Waals surface area contributed by atoms with Crippen LogP contribution < -0.4 is 5.73 Å². The summed E-state index contributed by atoms with van der Waals surface area (Å²) in [7, 11) is 1.91. The lowest BCUT2D eigenvalue weighted by atomic mass is 10.0. The number of aryl methyl sites for hydroxylation is 2. The molecule has 2 rings (SSSR count). The largest absolute Gasteiger partial charge is 0.324 e. The Kier molecular flexibility index (Phi) is 4.43. The smallest absolute Gasteiger partial charge is 0.0521 e. The molecule has 96 valence electrons. The van der Waals surface area contributed by atoms with Crippen LogP contribution in [0.3, 0.4) is 0 Å². The highest BCUT2D eigenvalue weighted by atomic mass is 79.9. The van der Waals surface area contributed by atoms with Gasteiger partial charge in [0.25, 0.3) is 0 Å². The van der Waals surface area contributed by atoms with Crippen LogP contribution in [-0.2, 0) is 13.5 Å². The molecule has 0 fully saturated rings. The molecule has 5 heteroatoms. The number of halogens is 2. The molecule has 1 aromatic carbocycles. The van der Waals surface area contributed by atoms with Crippen LogP contribution in [0.25, 0.3) is 0 Å². The van der Waals surface area contributed by atoms with Crippen molar-refractivity contribution in [1.29, 1.82) is 0 Å². The molecule has 1 atom stereocenters. The monoisotopic (exact) mass is 327 g/mol. The summed E-state index contributed by atoms with van der Waals surface area (Å²) in [6, 6.07) is 5.76. The molecular weight excluding hydrogens is 314 g/mol. The highest BCUT2D eigenvalue weighted by Crippen LogP contribution is 2.27. The summed E-state index contributed by atoms with van der Waals surface area (Å²) in [5, 5.41) is 4.85.